The standard InChI is InChI=1S/C23H14/c1-2-8-18-17(7-1)19-9-3-5-14-11-12-16-13-15-6-4-10-20(18)22(15)23(16)21(14)19/h1-12H,13H2. The van der Waals surface area contributed by atoms with Gasteiger partial charge in [0, 0.05) is 0 Å². The highest BCUT2D eigenvalue weighted by atomic mass is 14.3. The molecule has 0 spiro atoms. The third-order valence-electron chi connectivity index (χ3n) is 5.42. The molecule has 106 valence electrons. The molecule has 0 saturated heterocycles. The Kier molecular flexibility index (Phi) is 1.98. The second kappa shape index (κ2) is 3.91. The zero-order valence-corrected chi connectivity index (χ0v) is 12.6. The highest BCUT2D eigenvalue weighted by molar-refractivity contribution is 6.15. The fourth-order valence-corrected chi connectivity index (χ4v) is 4.50. The number of hydrogen-bond acceptors (Lipinski definition) is 0. The van der Waals surface area contributed by atoms with Gasteiger partial charge in [-0.15, -0.1) is 0 Å². The summed E-state index contributed by atoms with van der Waals surface area (Å²) in [4.78, 5) is 0. The minimum atomic E-state index is 1.06. The van der Waals surface area contributed by atoms with Crippen molar-refractivity contribution in [3.8, 4) is 33.4 Å². The van der Waals surface area contributed by atoms with Crippen molar-refractivity contribution in [2.75, 3.05) is 0 Å². The van der Waals surface area contributed by atoms with Crippen LogP contribution >= 0.6 is 0 Å². The van der Waals surface area contributed by atoms with E-state index in [4.69, 9.17) is 0 Å². The average Bonchev–Trinajstić information content (AvgIpc) is 2.94. The number of hydrogen-bond donors (Lipinski definition) is 0. The van der Waals surface area contributed by atoms with E-state index in [1.165, 1.54) is 55.3 Å². The van der Waals surface area contributed by atoms with Crippen molar-refractivity contribution in [2.24, 2.45) is 0 Å². The first-order valence-electron chi connectivity index (χ1n) is 8.18. The molecule has 0 heterocycles. The van der Waals surface area contributed by atoms with Gasteiger partial charge in [-0.05, 0) is 61.7 Å². The third kappa shape index (κ3) is 1.33. The van der Waals surface area contributed by atoms with Crippen molar-refractivity contribution >= 4 is 10.8 Å². The van der Waals surface area contributed by atoms with Crippen LogP contribution in [0.15, 0.2) is 72.8 Å². The summed E-state index contributed by atoms with van der Waals surface area (Å²) in [6.45, 7) is 0. The molecule has 0 fully saturated rings. The van der Waals surface area contributed by atoms with Crippen LogP contribution in [0.5, 0.6) is 0 Å². The Labute approximate surface area is 135 Å². The van der Waals surface area contributed by atoms with E-state index in [-0.39, 0.29) is 0 Å². The molecule has 0 aliphatic heterocycles. The molecule has 2 aliphatic rings. The molecule has 0 aromatic heterocycles. The molecule has 23 heavy (non-hydrogen) atoms. The Morgan fingerprint density at radius 2 is 1.17 bits per heavy atom. The van der Waals surface area contributed by atoms with Crippen molar-refractivity contribution in [2.45, 2.75) is 6.42 Å². The number of fused-ring (bicyclic) bond motifs is 3. The van der Waals surface area contributed by atoms with Crippen molar-refractivity contribution in [1.82, 2.24) is 0 Å². The predicted octanol–water partition coefficient (Wildman–Crippen LogP) is 6.06. The lowest BCUT2D eigenvalue weighted by Gasteiger charge is -2.11. The van der Waals surface area contributed by atoms with Gasteiger partial charge in [-0.2, -0.15) is 0 Å². The smallest absolute Gasteiger partial charge is 0.00130 e. The SMILES string of the molecule is c1ccc2c(c1)-c1cccc3c1-c1c(ccc4cccc-2c14)C3. The van der Waals surface area contributed by atoms with Gasteiger partial charge >= 0.3 is 0 Å². The zero-order valence-electron chi connectivity index (χ0n) is 12.6. The molecule has 0 amide bonds. The van der Waals surface area contributed by atoms with E-state index in [2.05, 4.69) is 72.8 Å². The molecule has 0 N–H and O–H groups in total. The largest absolute Gasteiger partial charge is 0.0616 e. The van der Waals surface area contributed by atoms with Crippen LogP contribution in [0.2, 0.25) is 0 Å². The Morgan fingerprint density at radius 1 is 0.478 bits per heavy atom. The third-order valence-corrected chi connectivity index (χ3v) is 5.42. The van der Waals surface area contributed by atoms with Crippen molar-refractivity contribution in [3.63, 3.8) is 0 Å². The minimum absolute atomic E-state index is 1.06. The van der Waals surface area contributed by atoms with Gasteiger partial charge in [-0.25, -0.2) is 0 Å². The average molecular weight is 290 g/mol. The van der Waals surface area contributed by atoms with Crippen molar-refractivity contribution < 1.29 is 0 Å². The van der Waals surface area contributed by atoms with E-state index in [9.17, 15) is 0 Å². The van der Waals surface area contributed by atoms with E-state index in [1.54, 1.807) is 0 Å². The van der Waals surface area contributed by atoms with Crippen LogP contribution in [-0.2, 0) is 6.42 Å². The van der Waals surface area contributed by atoms with Crippen LogP contribution in [0.1, 0.15) is 11.1 Å². The van der Waals surface area contributed by atoms with Crippen molar-refractivity contribution in [1.29, 1.82) is 0 Å². The monoisotopic (exact) mass is 290 g/mol. The molecule has 2 aliphatic carbocycles. The molecule has 0 unspecified atom stereocenters. The topological polar surface area (TPSA) is 0 Å². The van der Waals surface area contributed by atoms with Gasteiger partial charge in [0.25, 0.3) is 0 Å². The molecular formula is C23H14. The van der Waals surface area contributed by atoms with Crippen LogP contribution in [0.25, 0.3) is 44.2 Å². The predicted molar refractivity (Wildman–Crippen MR) is 96.6 cm³/mol. The summed E-state index contributed by atoms with van der Waals surface area (Å²) in [6.07, 6.45) is 1.06. The highest BCUT2D eigenvalue weighted by Crippen LogP contribution is 2.52. The molecule has 6 rings (SSSR count). The second-order valence-electron chi connectivity index (χ2n) is 6.57. The summed E-state index contributed by atoms with van der Waals surface area (Å²) in [6, 6.07) is 27.0. The van der Waals surface area contributed by atoms with Crippen LogP contribution in [0, 0.1) is 0 Å². The first-order valence-corrected chi connectivity index (χ1v) is 8.18. The van der Waals surface area contributed by atoms with Gasteiger partial charge in [0.2, 0.25) is 0 Å². The normalized spacial score (nSPS) is 13.0. The molecule has 4 aromatic rings. The maximum absolute atomic E-state index is 2.32. The fourth-order valence-electron chi connectivity index (χ4n) is 4.50. The lowest BCUT2D eigenvalue weighted by atomic mass is 9.92. The lowest BCUT2D eigenvalue weighted by Crippen LogP contribution is -1.87. The van der Waals surface area contributed by atoms with Gasteiger partial charge in [0.05, 0.1) is 0 Å². The van der Waals surface area contributed by atoms with Gasteiger partial charge in [-0.1, -0.05) is 72.8 Å². The quantitative estimate of drug-likeness (QED) is 0.319. The molecular weight excluding hydrogens is 276 g/mol. The molecule has 4 aromatic carbocycles. The van der Waals surface area contributed by atoms with E-state index in [0.29, 0.717) is 0 Å². The molecule has 0 radical (unpaired) electrons. The van der Waals surface area contributed by atoms with Crippen molar-refractivity contribution in [3.05, 3.63) is 83.9 Å². The van der Waals surface area contributed by atoms with Crippen LogP contribution in [0.4, 0.5) is 0 Å². The Bertz CT molecular complexity index is 1130. The lowest BCUT2D eigenvalue weighted by molar-refractivity contribution is 1.27. The second-order valence-corrected chi connectivity index (χ2v) is 6.57. The fraction of sp³-hybridized carbons (Fsp3) is 0.0435. The molecule has 0 bridgehead atoms. The maximum atomic E-state index is 2.32. The summed E-state index contributed by atoms with van der Waals surface area (Å²) in [7, 11) is 0. The Hall–Kier alpha value is -2.86. The first kappa shape index (κ1) is 11.7. The van der Waals surface area contributed by atoms with E-state index >= 15 is 0 Å². The van der Waals surface area contributed by atoms with E-state index in [1.807, 2.05) is 0 Å². The molecule has 0 saturated carbocycles. The number of benzene rings is 4. The van der Waals surface area contributed by atoms with Crippen LogP contribution < -0.4 is 0 Å². The minimum Gasteiger partial charge on any atom is -0.0616 e. The summed E-state index contributed by atoms with van der Waals surface area (Å²) in [5.41, 5.74) is 11.4. The molecule has 0 atom stereocenters. The number of rotatable bonds is 0. The summed E-state index contributed by atoms with van der Waals surface area (Å²) in [5.74, 6) is 0. The van der Waals surface area contributed by atoms with Gasteiger partial charge in [0.1, 0.15) is 0 Å². The summed E-state index contributed by atoms with van der Waals surface area (Å²) < 4.78 is 0. The van der Waals surface area contributed by atoms with E-state index < -0.39 is 0 Å². The summed E-state index contributed by atoms with van der Waals surface area (Å²) in [5, 5.41) is 2.78. The summed E-state index contributed by atoms with van der Waals surface area (Å²) >= 11 is 0. The maximum Gasteiger partial charge on any atom is -0.00130 e. The van der Waals surface area contributed by atoms with Gasteiger partial charge in [-0.3, -0.25) is 0 Å². The zero-order chi connectivity index (χ0) is 15.0. The van der Waals surface area contributed by atoms with Gasteiger partial charge < -0.3 is 0 Å². The molecule has 0 nitrogen and oxygen atoms in total. The Morgan fingerprint density at radius 3 is 2.09 bits per heavy atom. The van der Waals surface area contributed by atoms with Crippen LogP contribution in [0.3, 0.4) is 0 Å². The Balaban J connectivity index is 1.98. The highest BCUT2D eigenvalue weighted by Gasteiger charge is 2.28. The first-order chi connectivity index (χ1) is 11.4. The van der Waals surface area contributed by atoms with E-state index in [0.717, 1.165) is 6.42 Å². The molecule has 0 heteroatoms. The van der Waals surface area contributed by atoms with Gasteiger partial charge in [0.15, 0.2) is 0 Å². The van der Waals surface area contributed by atoms with Crippen LogP contribution in [-0.4, -0.2) is 0 Å².